The SMILES string of the molecule is C=CC(=O)N1CCCCNCCC1. The van der Waals surface area contributed by atoms with Crippen molar-refractivity contribution in [2.45, 2.75) is 19.3 Å². The molecule has 1 aliphatic heterocycles. The summed E-state index contributed by atoms with van der Waals surface area (Å²) in [7, 11) is 0. The highest BCUT2D eigenvalue weighted by Gasteiger charge is 2.09. The summed E-state index contributed by atoms with van der Waals surface area (Å²) in [6, 6.07) is 0. The average Bonchev–Trinajstić information content (AvgIpc) is 2.29. The van der Waals surface area contributed by atoms with Gasteiger partial charge in [0.1, 0.15) is 0 Å². The molecule has 0 aromatic rings. The van der Waals surface area contributed by atoms with Gasteiger partial charge in [0, 0.05) is 13.1 Å². The topological polar surface area (TPSA) is 32.3 Å². The smallest absolute Gasteiger partial charge is 0.245 e. The first kappa shape index (κ1) is 10.3. The lowest BCUT2D eigenvalue weighted by atomic mass is 10.3. The zero-order chi connectivity index (χ0) is 9.52. The number of rotatable bonds is 1. The summed E-state index contributed by atoms with van der Waals surface area (Å²) in [4.78, 5) is 13.2. The van der Waals surface area contributed by atoms with E-state index in [1.165, 1.54) is 6.08 Å². The third-order valence-electron chi connectivity index (χ3n) is 2.30. The molecule has 0 aliphatic carbocycles. The molecule has 13 heavy (non-hydrogen) atoms. The quantitative estimate of drug-likeness (QED) is 0.608. The van der Waals surface area contributed by atoms with E-state index in [1.807, 2.05) is 4.90 Å². The lowest BCUT2D eigenvalue weighted by Gasteiger charge is -2.19. The summed E-state index contributed by atoms with van der Waals surface area (Å²) in [5.41, 5.74) is 0. The normalized spacial score (nSPS) is 19.8. The predicted octanol–water partition coefficient (Wildman–Crippen LogP) is 0.774. The lowest BCUT2D eigenvalue weighted by molar-refractivity contribution is -0.126. The van der Waals surface area contributed by atoms with Crippen molar-refractivity contribution in [3.8, 4) is 0 Å². The third kappa shape index (κ3) is 3.59. The van der Waals surface area contributed by atoms with Gasteiger partial charge in [0.05, 0.1) is 0 Å². The minimum atomic E-state index is 0.0712. The third-order valence-corrected chi connectivity index (χ3v) is 2.30. The second-order valence-corrected chi connectivity index (χ2v) is 3.34. The van der Waals surface area contributed by atoms with E-state index in [2.05, 4.69) is 11.9 Å². The van der Waals surface area contributed by atoms with Crippen molar-refractivity contribution in [1.29, 1.82) is 0 Å². The van der Waals surface area contributed by atoms with E-state index in [0.717, 1.165) is 45.4 Å². The monoisotopic (exact) mass is 182 g/mol. The molecule has 1 rings (SSSR count). The Balaban J connectivity index is 2.40. The molecule has 74 valence electrons. The molecule has 0 unspecified atom stereocenters. The Bertz CT molecular complexity index is 170. The lowest BCUT2D eigenvalue weighted by Crippen LogP contribution is -2.31. The van der Waals surface area contributed by atoms with Crippen LogP contribution in [0.25, 0.3) is 0 Å². The van der Waals surface area contributed by atoms with Gasteiger partial charge in [-0.05, 0) is 38.4 Å². The van der Waals surface area contributed by atoms with Crippen LogP contribution in [0, 0.1) is 0 Å². The number of hydrogen-bond acceptors (Lipinski definition) is 2. The molecule has 0 radical (unpaired) electrons. The average molecular weight is 182 g/mol. The van der Waals surface area contributed by atoms with Crippen LogP contribution in [-0.4, -0.2) is 37.0 Å². The molecule has 0 atom stereocenters. The van der Waals surface area contributed by atoms with Crippen molar-refractivity contribution in [3.05, 3.63) is 12.7 Å². The van der Waals surface area contributed by atoms with Gasteiger partial charge in [-0.2, -0.15) is 0 Å². The van der Waals surface area contributed by atoms with E-state index in [1.54, 1.807) is 0 Å². The first-order valence-electron chi connectivity index (χ1n) is 4.96. The van der Waals surface area contributed by atoms with Gasteiger partial charge in [-0.1, -0.05) is 6.58 Å². The Labute approximate surface area is 79.8 Å². The van der Waals surface area contributed by atoms with Crippen molar-refractivity contribution in [1.82, 2.24) is 10.2 Å². The van der Waals surface area contributed by atoms with Gasteiger partial charge < -0.3 is 10.2 Å². The number of carbonyl (C=O) groups is 1. The van der Waals surface area contributed by atoms with E-state index in [-0.39, 0.29) is 5.91 Å². The summed E-state index contributed by atoms with van der Waals surface area (Å²) in [5, 5.41) is 3.34. The van der Waals surface area contributed by atoms with Gasteiger partial charge in [0.2, 0.25) is 5.91 Å². The highest BCUT2D eigenvalue weighted by atomic mass is 16.2. The number of hydrogen-bond donors (Lipinski definition) is 1. The summed E-state index contributed by atoms with van der Waals surface area (Å²) in [5.74, 6) is 0.0712. The number of carbonyl (C=O) groups excluding carboxylic acids is 1. The maximum atomic E-state index is 11.3. The minimum absolute atomic E-state index is 0.0712. The van der Waals surface area contributed by atoms with Crippen molar-refractivity contribution in [2.24, 2.45) is 0 Å². The van der Waals surface area contributed by atoms with Gasteiger partial charge in [0.25, 0.3) is 0 Å². The van der Waals surface area contributed by atoms with Gasteiger partial charge in [-0.15, -0.1) is 0 Å². The highest BCUT2D eigenvalue weighted by Crippen LogP contribution is 2.00. The minimum Gasteiger partial charge on any atom is -0.339 e. The fourth-order valence-electron chi connectivity index (χ4n) is 1.53. The Hall–Kier alpha value is -0.830. The Morgan fingerprint density at radius 3 is 2.69 bits per heavy atom. The van der Waals surface area contributed by atoms with Crippen molar-refractivity contribution < 1.29 is 4.79 Å². The first-order valence-corrected chi connectivity index (χ1v) is 4.96. The number of nitrogens with one attached hydrogen (secondary N) is 1. The molecule has 3 heteroatoms. The maximum Gasteiger partial charge on any atom is 0.245 e. The largest absolute Gasteiger partial charge is 0.339 e. The van der Waals surface area contributed by atoms with Crippen LogP contribution in [0.4, 0.5) is 0 Å². The van der Waals surface area contributed by atoms with Crippen LogP contribution in [0.5, 0.6) is 0 Å². The van der Waals surface area contributed by atoms with Gasteiger partial charge >= 0.3 is 0 Å². The van der Waals surface area contributed by atoms with Crippen LogP contribution in [-0.2, 0) is 4.79 Å². The predicted molar refractivity (Wildman–Crippen MR) is 53.5 cm³/mol. The molecule has 0 bridgehead atoms. The molecule has 1 fully saturated rings. The second-order valence-electron chi connectivity index (χ2n) is 3.34. The molecule has 1 heterocycles. The highest BCUT2D eigenvalue weighted by molar-refractivity contribution is 5.86. The van der Waals surface area contributed by atoms with Crippen LogP contribution in [0.1, 0.15) is 19.3 Å². The zero-order valence-corrected chi connectivity index (χ0v) is 8.09. The summed E-state index contributed by atoms with van der Waals surface area (Å²) >= 11 is 0. The van der Waals surface area contributed by atoms with Crippen molar-refractivity contribution in [2.75, 3.05) is 26.2 Å². The summed E-state index contributed by atoms with van der Waals surface area (Å²) in [6.07, 6.45) is 4.69. The van der Waals surface area contributed by atoms with Gasteiger partial charge in [-0.3, -0.25) is 4.79 Å². The molecular weight excluding hydrogens is 164 g/mol. The van der Waals surface area contributed by atoms with Gasteiger partial charge in [-0.25, -0.2) is 0 Å². The van der Waals surface area contributed by atoms with Crippen LogP contribution in [0.3, 0.4) is 0 Å². The molecule has 1 aliphatic rings. The Morgan fingerprint density at radius 1 is 1.23 bits per heavy atom. The van der Waals surface area contributed by atoms with Crippen LogP contribution < -0.4 is 5.32 Å². The first-order chi connectivity index (χ1) is 6.34. The molecule has 0 spiro atoms. The molecule has 1 saturated heterocycles. The van der Waals surface area contributed by atoms with E-state index in [4.69, 9.17) is 0 Å². The molecule has 0 aromatic heterocycles. The Kier molecular flexibility index (Phi) is 4.54. The molecule has 1 amide bonds. The van der Waals surface area contributed by atoms with Crippen LogP contribution in [0.2, 0.25) is 0 Å². The number of amides is 1. The molecular formula is C10H18N2O. The van der Waals surface area contributed by atoms with Crippen LogP contribution in [0.15, 0.2) is 12.7 Å². The van der Waals surface area contributed by atoms with Crippen molar-refractivity contribution >= 4 is 5.91 Å². The van der Waals surface area contributed by atoms with Gasteiger partial charge in [0.15, 0.2) is 0 Å². The van der Waals surface area contributed by atoms with E-state index in [9.17, 15) is 4.79 Å². The van der Waals surface area contributed by atoms with E-state index < -0.39 is 0 Å². The molecule has 0 aromatic carbocycles. The molecule has 3 nitrogen and oxygen atoms in total. The fourth-order valence-corrected chi connectivity index (χ4v) is 1.53. The van der Waals surface area contributed by atoms with Crippen LogP contribution >= 0.6 is 0 Å². The maximum absolute atomic E-state index is 11.3. The second kappa shape index (κ2) is 5.75. The Morgan fingerprint density at radius 2 is 1.92 bits per heavy atom. The summed E-state index contributed by atoms with van der Waals surface area (Å²) in [6.45, 7) is 7.34. The standard InChI is InChI=1S/C10H18N2O/c1-2-10(13)12-8-4-3-6-11-7-5-9-12/h2,11H,1,3-9H2. The summed E-state index contributed by atoms with van der Waals surface area (Å²) < 4.78 is 0. The fraction of sp³-hybridized carbons (Fsp3) is 0.700. The van der Waals surface area contributed by atoms with E-state index >= 15 is 0 Å². The zero-order valence-electron chi connectivity index (χ0n) is 8.09. The molecule has 0 saturated carbocycles. The van der Waals surface area contributed by atoms with E-state index in [0.29, 0.717) is 0 Å². The van der Waals surface area contributed by atoms with Crippen molar-refractivity contribution in [3.63, 3.8) is 0 Å². The molecule has 1 N–H and O–H groups in total. The number of nitrogens with zero attached hydrogens (tertiary/aromatic N) is 1.